The summed E-state index contributed by atoms with van der Waals surface area (Å²) in [6, 6.07) is 0.854. The molecule has 0 aromatic rings. The van der Waals surface area contributed by atoms with Crippen molar-refractivity contribution in [1.29, 1.82) is 0 Å². The topological polar surface area (TPSA) is 43.7 Å². The Hall–Kier alpha value is -0.120. The number of aliphatic hydroxyl groups is 2. The molecule has 1 saturated carbocycles. The Morgan fingerprint density at radius 2 is 1.92 bits per heavy atom. The number of aliphatic hydroxyl groups excluding tert-OH is 2. The van der Waals surface area contributed by atoms with Crippen LogP contribution in [0.5, 0.6) is 0 Å². The zero-order chi connectivity index (χ0) is 9.26. The molecule has 0 spiro atoms. The standard InChI is InChI=1S/C10H19NO2/c12-7-9-5-10(13)6-11(9)8-3-1-2-4-8/h8-10,12-13H,1-7H2/t9-,10-/m0/s1. The molecule has 2 fully saturated rings. The fourth-order valence-electron chi connectivity index (χ4n) is 2.78. The Kier molecular flexibility index (Phi) is 2.86. The summed E-state index contributed by atoms with van der Waals surface area (Å²) in [5, 5.41) is 18.7. The SMILES string of the molecule is OC[C@@H]1C[C@H](O)CN1C1CCCC1. The third kappa shape index (κ3) is 1.87. The molecule has 1 saturated heterocycles. The van der Waals surface area contributed by atoms with Crippen LogP contribution in [0.2, 0.25) is 0 Å². The molecule has 2 N–H and O–H groups in total. The highest BCUT2D eigenvalue weighted by Gasteiger charge is 2.35. The summed E-state index contributed by atoms with van der Waals surface area (Å²) in [4.78, 5) is 2.32. The summed E-state index contributed by atoms with van der Waals surface area (Å²) in [7, 11) is 0. The van der Waals surface area contributed by atoms with Crippen molar-refractivity contribution in [3.63, 3.8) is 0 Å². The lowest BCUT2D eigenvalue weighted by molar-refractivity contribution is 0.116. The monoisotopic (exact) mass is 185 g/mol. The van der Waals surface area contributed by atoms with E-state index in [1.165, 1.54) is 25.7 Å². The lowest BCUT2D eigenvalue weighted by Gasteiger charge is -2.28. The summed E-state index contributed by atoms with van der Waals surface area (Å²) in [6.45, 7) is 0.976. The van der Waals surface area contributed by atoms with Gasteiger partial charge in [-0.05, 0) is 19.3 Å². The minimum atomic E-state index is -0.210. The smallest absolute Gasteiger partial charge is 0.0683 e. The summed E-state index contributed by atoms with van der Waals surface area (Å²) in [5.74, 6) is 0. The van der Waals surface area contributed by atoms with Crippen molar-refractivity contribution in [3.8, 4) is 0 Å². The van der Waals surface area contributed by atoms with Gasteiger partial charge in [0, 0.05) is 18.6 Å². The maximum atomic E-state index is 9.51. The zero-order valence-corrected chi connectivity index (χ0v) is 8.02. The van der Waals surface area contributed by atoms with E-state index in [0.29, 0.717) is 6.04 Å². The van der Waals surface area contributed by atoms with E-state index in [1.54, 1.807) is 0 Å². The molecular formula is C10H19NO2. The Bertz CT molecular complexity index is 166. The van der Waals surface area contributed by atoms with Gasteiger partial charge >= 0.3 is 0 Å². The maximum absolute atomic E-state index is 9.51. The molecule has 0 unspecified atom stereocenters. The minimum Gasteiger partial charge on any atom is -0.395 e. The second-order valence-electron chi connectivity index (χ2n) is 4.36. The highest BCUT2D eigenvalue weighted by molar-refractivity contribution is 4.90. The summed E-state index contributed by atoms with van der Waals surface area (Å²) in [6.07, 6.45) is 5.68. The molecule has 1 heterocycles. The van der Waals surface area contributed by atoms with Crippen LogP contribution in [0.4, 0.5) is 0 Å². The molecule has 3 nitrogen and oxygen atoms in total. The van der Waals surface area contributed by atoms with Crippen molar-refractivity contribution >= 4 is 0 Å². The largest absolute Gasteiger partial charge is 0.395 e. The van der Waals surface area contributed by atoms with Gasteiger partial charge in [-0.2, -0.15) is 0 Å². The van der Waals surface area contributed by atoms with Crippen LogP contribution in [0.25, 0.3) is 0 Å². The molecule has 1 aliphatic carbocycles. The lowest BCUT2D eigenvalue weighted by atomic mass is 10.1. The van der Waals surface area contributed by atoms with Gasteiger partial charge in [-0.1, -0.05) is 12.8 Å². The summed E-state index contributed by atoms with van der Waals surface area (Å²) >= 11 is 0. The van der Waals surface area contributed by atoms with Crippen LogP contribution >= 0.6 is 0 Å². The Morgan fingerprint density at radius 1 is 1.23 bits per heavy atom. The predicted molar refractivity (Wildman–Crippen MR) is 50.5 cm³/mol. The first-order valence-corrected chi connectivity index (χ1v) is 5.36. The fourth-order valence-corrected chi connectivity index (χ4v) is 2.78. The molecule has 2 rings (SSSR count). The van der Waals surface area contributed by atoms with Gasteiger partial charge in [0.2, 0.25) is 0 Å². The molecule has 0 aromatic carbocycles. The first-order valence-electron chi connectivity index (χ1n) is 5.36. The van der Waals surface area contributed by atoms with Crippen LogP contribution < -0.4 is 0 Å². The number of hydrogen-bond acceptors (Lipinski definition) is 3. The lowest BCUT2D eigenvalue weighted by Crippen LogP contribution is -2.39. The van der Waals surface area contributed by atoms with Crippen LogP contribution in [-0.2, 0) is 0 Å². The van der Waals surface area contributed by atoms with Gasteiger partial charge in [-0.25, -0.2) is 0 Å². The van der Waals surface area contributed by atoms with E-state index in [4.69, 9.17) is 5.11 Å². The van der Waals surface area contributed by atoms with E-state index in [0.717, 1.165) is 13.0 Å². The number of nitrogens with zero attached hydrogens (tertiary/aromatic N) is 1. The Balaban J connectivity index is 1.96. The average Bonchev–Trinajstić information content (AvgIpc) is 2.71. The van der Waals surface area contributed by atoms with Crippen LogP contribution in [0.15, 0.2) is 0 Å². The normalized spacial score (nSPS) is 37.4. The molecule has 0 bridgehead atoms. The van der Waals surface area contributed by atoms with Crippen LogP contribution in [0, 0.1) is 0 Å². The summed E-state index contributed by atoms with van der Waals surface area (Å²) < 4.78 is 0. The van der Waals surface area contributed by atoms with Gasteiger partial charge in [-0.15, -0.1) is 0 Å². The quantitative estimate of drug-likeness (QED) is 0.652. The van der Waals surface area contributed by atoms with Crippen molar-refractivity contribution in [2.45, 2.75) is 50.3 Å². The number of hydrogen-bond donors (Lipinski definition) is 2. The first-order chi connectivity index (χ1) is 6.31. The number of rotatable bonds is 2. The molecular weight excluding hydrogens is 166 g/mol. The Labute approximate surface area is 79.4 Å². The average molecular weight is 185 g/mol. The minimum absolute atomic E-state index is 0.202. The fraction of sp³-hybridized carbons (Fsp3) is 1.00. The van der Waals surface area contributed by atoms with Gasteiger partial charge in [-0.3, -0.25) is 4.90 Å². The van der Waals surface area contributed by atoms with Crippen LogP contribution in [0.3, 0.4) is 0 Å². The molecule has 2 atom stereocenters. The third-order valence-corrected chi connectivity index (χ3v) is 3.44. The van der Waals surface area contributed by atoms with Gasteiger partial charge in [0.15, 0.2) is 0 Å². The molecule has 1 aliphatic heterocycles. The van der Waals surface area contributed by atoms with E-state index in [2.05, 4.69) is 4.90 Å². The zero-order valence-electron chi connectivity index (χ0n) is 8.02. The van der Waals surface area contributed by atoms with Crippen molar-refractivity contribution < 1.29 is 10.2 Å². The molecule has 0 amide bonds. The van der Waals surface area contributed by atoms with E-state index < -0.39 is 0 Å². The van der Waals surface area contributed by atoms with Crippen LogP contribution in [0.1, 0.15) is 32.1 Å². The second-order valence-corrected chi connectivity index (χ2v) is 4.36. The second kappa shape index (κ2) is 3.95. The summed E-state index contributed by atoms with van der Waals surface area (Å²) in [5.41, 5.74) is 0. The number of likely N-dealkylation sites (tertiary alicyclic amines) is 1. The van der Waals surface area contributed by atoms with Crippen molar-refractivity contribution in [1.82, 2.24) is 4.90 Å². The Morgan fingerprint density at radius 3 is 2.54 bits per heavy atom. The number of β-amino-alcohol motifs (C(OH)–C–C–N with tert-alkyl or cyclic N) is 1. The van der Waals surface area contributed by atoms with E-state index in [9.17, 15) is 5.11 Å². The third-order valence-electron chi connectivity index (χ3n) is 3.44. The van der Waals surface area contributed by atoms with Crippen molar-refractivity contribution in [2.24, 2.45) is 0 Å². The van der Waals surface area contributed by atoms with Gasteiger partial charge in [0.05, 0.1) is 12.7 Å². The van der Waals surface area contributed by atoms with E-state index >= 15 is 0 Å². The molecule has 13 heavy (non-hydrogen) atoms. The van der Waals surface area contributed by atoms with E-state index in [-0.39, 0.29) is 18.8 Å². The van der Waals surface area contributed by atoms with Gasteiger partial charge in [0.25, 0.3) is 0 Å². The van der Waals surface area contributed by atoms with Gasteiger partial charge in [0.1, 0.15) is 0 Å². The van der Waals surface area contributed by atoms with E-state index in [1.807, 2.05) is 0 Å². The maximum Gasteiger partial charge on any atom is 0.0683 e. The van der Waals surface area contributed by atoms with Gasteiger partial charge < -0.3 is 10.2 Å². The highest BCUT2D eigenvalue weighted by atomic mass is 16.3. The molecule has 0 aromatic heterocycles. The molecule has 3 heteroatoms. The molecule has 0 radical (unpaired) electrons. The van der Waals surface area contributed by atoms with Crippen LogP contribution in [-0.4, -0.2) is 46.5 Å². The molecule has 2 aliphatic rings. The van der Waals surface area contributed by atoms with Crippen molar-refractivity contribution in [2.75, 3.05) is 13.2 Å². The van der Waals surface area contributed by atoms with Crippen molar-refractivity contribution in [3.05, 3.63) is 0 Å². The molecule has 76 valence electrons. The first kappa shape index (κ1) is 9.44. The predicted octanol–water partition coefficient (Wildman–Crippen LogP) is 0.356. The highest BCUT2D eigenvalue weighted by Crippen LogP contribution is 2.29.